The number of carbonyl (C=O) groups is 1. The molecule has 1 aliphatic heterocycles. The van der Waals surface area contributed by atoms with Gasteiger partial charge in [-0.05, 0) is 28.1 Å². The number of halogens is 3. The summed E-state index contributed by atoms with van der Waals surface area (Å²) in [4.78, 5) is 16.3. The Bertz CT molecular complexity index is 442. The number of rotatable bonds is 3. The van der Waals surface area contributed by atoms with Crippen molar-refractivity contribution >= 4 is 37.8 Å². The molecule has 0 aromatic heterocycles. The van der Waals surface area contributed by atoms with Crippen molar-refractivity contribution in [1.82, 2.24) is 9.80 Å². The highest BCUT2D eigenvalue weighted by Crippen LogP contribution is 2.22. The van der Waals surface area contributed by atoms with Gasteiger partial charge in [-0.25, -0.2) is 4.39 Å². The van der Waals surface area contributed by atoms with Crippen molar-refractivity contribution < 1.29 is 9.18 Å². The molecule has 1 aliphatic rings. The number of hydrogen-bond donors (Lipinski definition) is 0. The molecule has 0 radical (unpaired) electrons. The van der Waals surface area contributed by atoms with Crippen LogP contribution in [-0.2, 0) is 0 Å². The van der Waals surface area contributed by atoms with E-state index in [1.165, 1.54) is 6.07 Å². The van der Waals surface area contributed by atoms with Gasteiger partial charge in [0.1, 0.15) is 5.82 Å². The molecule has 1 aromatic rings. The minimum atomic E-state index is -0.470. The first-order valence-electron chi connectivity index (χ1n) is 6.15. The molecule has 0 unspecified atom stereocenters. The van der Waals surface area contributed by atoms with Crippen molar-refractivity contribution in [1.29, 1.82) is 0 Å². The lowest BCUT2D eigenvalue weighted by Gasteiger charge is -2.34. The molecule has 1 fully saturated rings. The Morgan fingerprint density at radius 1 is 1.26 bits per heavy atom. The number of benzene rings is 1. The van der Waals surface area contributed by atoms with E-state index in [1.54, 1.807) is 17.0 Å². The van der Waals surface area contributed by atoms with Gasteiger partial charge in [0.25, 0.3) is 5.91 Å². The van der Waals surface area contributed by atoms with Gasteiger partial charge >= 0.3 is 0 Å². The van der Waals surface area contributed by atoms with Crippen LogP contribution in [0.3, 0.4) is 0 Å². The lowest BCUT2D eigenvalue weighted by molar-refractivity contribution is 0.0639. The molecule has 0 spiro atoms. The van der Waals surface area contributed by atoms with Gasteiger partial charge in [-0.3, -0.25) is 9.69 Å². The summed E-state index contributed by atoms with van der Waals surface area (Å²) < 4.78 is 14.3. The van der Waals surface area contributed by atoms with Crippen LogP contribution in [0.4, 0.5) is 4.39 Å². The molecule has 0 saturated carbocycles. The van der Waals surface area contributed by atoms with Crippen LogP contribution >= 0.6 is 31.9 Å². The second-order valence-corrected chi connectivity index (χ2v) is 6.07. The van der Waals surface area contributed by atoms with Crippen molar-refractivity contribution in [2.24, 2.45) is 0 Å². The first-order chi connectivity index (χ1) is 9.13. The summed E-state index contributed by atoms with van der Waals surface area (Å²) in [5, 5.41) is 0.930. The molecule has 0 aliphatic carbocycles. The highest BCUT2D eigenvalue weighted by atomic mass is 79.9. The SMILES string of the molecule is O=C(c1c(F)cccc1Br)N1CCN(CCBr)CC1. The summed E-state index contributed by atoms with van der Waals surface area (Å²) in [5.74, 6) is -0.703. The molecular weight excluding hydrogens is 379 g/mol. The maximum atomic E-state index is 13.8. The summed E-state index contributed by atoms with van der Waals surface area (Å²) in [6.45, 7) is 3.94. The van der Waals surface area contributed by atoms with E-state index in [2.05, 4.69) is 36.8 Å². The molecule has 1 saturated heterocycles. The van der Waals surface area contributed by atoms with E-state index in [-0.39, 0.29) is 11.5 Å². The lowest BCUT2D eigenvalue weighted by Crippen LogP contribution is -2.49. The van der Waals surface area contributed by atoms with Crippen LogP contribution < -0.4 is 0 Å². The summed E-state index contributed by atoms with van der Waals surface area (Å²) in [5.41, 5.74) is 0.136. The Kier molecular flexibility index (Phi) is 5.36. The van der Waals surface area contributed by atoms with E-state index < -0.39 is 5.82 Å². The van der Waals surface area contributed by atoms with E-state index in [4.69, 9.17) is 0 Å². The van der Waals surface area contributed by atoms with E-state index in [0.717, 1.165) is 25.0 Å². The maximum Gasteiger partial charge on any atom is 0.258 e. The smallest absolute Gasteiger partial charge is 0.258 e. The van der Waals surface area contributed by atoms with Crippen molar-refractivity contribution in [2.45, 2.75) is 0 Å². The van der Waals surface area contributed by atoms with Crippen LogP contribution in [0.2, 0.25) is 0 Å². The minimum Gasteiger partial charge on any atom is -0.336 e. The minimum absolute atomic E-state index is 0.136. The summed E-state index contributed by atoms with van der Waals surface area (Å²) in [7, 11) is 0. The zero-order valence-electron chi connectivity index (χ0n) is 10.4. The van der Waals surface area contributed by atoms with E-state index in [0.29, 0.717) is 17.6 Å². The molecule has 3 nitrogen and oxygen atoms in total. The molecule has 6 heteroatoms. The predicted molar refractivity (Wildman–Crippen MR) is 80.2 cm³/mol. The molecule has 0 N–H and O–H groups in total. The largest absolute Gasteiger partial charge is 0.336 e. The van der Waals surface area contributed by atoms with Gasteiger partial charge in [-0.1, -0.05) is 22.0 Å². The van der Waals surface area contributed by atoms with Crippen molar-refractivity contribution in [3.63, 3.8) is 0 Å². The fourth-order valence-corrected chi connectivity index (χ4v) is 3.17. The fraction of sp³-hybridized carbons (Fsp3) is 0.462. The van der Waals surface area contributed by atoms with Crippen molar-refractivity contribution in [2.75, 3.05) is 38.1 Å². The van der Waals surface area contributed by atoms with Crippen LogP contribution in [0.25, 0.3) is 0 Å². The number of nitrogens with zero attached hydrogens (tertiary/aromatic N) is 2. The topological polar surface area (TPSA) is 23.6 Å². The van der Waals surface area contributed by atoms with Gasteiger partial charge in [0, 0.05) is 42.5 Å². The second kappa shape index (κ2) is 6.81. The molecule has 0 atom stereocenters. The second-order valence-electron chi connectivity index (χ2n) is 4.42. The quantitative estimate of drug-likeness (QED) is 0.737. The zero-order valence-corrected chi connectivity index (χ0v) is 13.6. The Balaban J connectivity index is 2.05. The van der Waals surface area contributed by atoms with Crippen LogP contribution in [0, 0.1) is 5.82 Å². The summed E-state index contributed by atoms with van der Waals surface area (Å²) in [6, 6.07) is 4.60. The highest BCUT2D eigenvalue weighted by molar-refractivity contribution is 9.10. The van der Waals surface area contributed by atoms with E-state index >= 15 is 0 Å². The first-order valence-corrected chi connectivity index (χ1v) is 8.06. The van der Waals surface area contributed by atoms with Gasteiger partial charge in [0.05, 0.1) is 5.56 Å². The third-order valence-corrected chi connectivity index (χ3v) is 4.25. The number of carbonyl (C=O) groups excluding carboxylic acids is 1. The third kappa shape index (κ3) is 3.55. The fourth-order valence-electron chi connectivity index (χ4n) is 2.15. The number of alkyl halides is 1. The number of amides is 1. The monoisotopic (exact) mass is 392 g/mol. The zero-order chi connectivity index (χ0) is 13.8. The highest BCUT2D eigenvalue weighted by Gasteiger charge is 2.25. The van der Waals surface area contributed by atoms with Crippen LogP contribution in [0.15, 0.2) is 22.7 Å². The van der Waals surface area contributed by atoms with Crippen molar-refractivity contribution in [3.8, 4) is 0 Å². The molecule has 0 bridgehead atoms. The van der Waals surface area contributed by atoms with E-state index in [9.17, 15) is 9.18 Å². The first kappa shape index (κ1) is 14.9. The average molecular weight is 394 g/mol. The maximum absolute atomic E-state index is 13.8. The number of piperazine rings is 1. The molecule has 1 aromatic carbocycles. The van der Waals surface area contributed by atoms with Gasteiger partial charge in [-0.2, -0.15) is 0 Å². The Hall–Kier alpha value is -0.460. The Morgan fingerprint density at radius 2 is 1.95 bits per heavy atom. The predicted octanol–water partition coefficient (Wildman–Crippen LogP) is 2.74. The number of hydrogen-bond acceptors (Lipinski definition) is 2. The molecule has 2 rings (SSSR count). The third-order valence-electron chi connectivity index (χ3n) is 3.24. The average Bonchev–Trinajstić information content (AvgIpc) is 2.39. The molecule has 1 amide bonds. The standard InChI is InChI=1S/C13H15Br2FN2O/c14-4-5-17-6-8-18(9-7-17)13(19)12-10(15)2-1-3-11(12)16/h1-3H,4-9H2. The summed E-state index contributed by atoms with van der Waals surface area (Å²) >= 11 is 6.65. The molecule has 19 heavy (non-hydrogen) atoms. The van der Waals surface area contributed by atoms with Crippen LogP contribution in [0.1, 0.15) is 10.4 Å². The lowest BCUT2D eigenvalue weighted by atomic mass is 10.1. The van der Waals surface area contributed by atoms with Crippen LogP contribution in [0.5, 0.6) is 0 Å². The molecule has 104 valence electrons. The van der Waals surface area contributed by atoms with Crippen molar-refractivity contribution in [3.05, 3.63) is 34.1 Å². The van der Waals surface area contributed by atoms with Crippen LogP contribution in [-0.4, -0.2) is 53.8 Å². The van der Waals surface area contributed by atoms with Gasteiger partial charge in [-0.15, -0.1) is 0 Å². The Labute approximate surface area is 129 Å². The Morgan fingerprint density at radius 3 is 2.53 bits per heavy atom. The van der Waals surface area contributed by atoms with E-state index in [1.807, 2.05) is 0 Å². The molecular formula is C13H15Br2FN2O. The molecule has 1 heterocycles. The normalized spacial score (nSPS) is 16.7. The summed E-state index contributed by atoms with van der Waals surface area (Å²) in [6.07, 6.45) is 0. The van der Waals surface area contributed by atoms with Gasteiger partial charge in [0.15, 0.2) is 0 Å². The van der Waals surface area contributed by atoms with Gasteiger partial charge in [0.2, 0.25) is 0 Å². The van der Waals surface area contributed by atoms with Gasteiger partial charge < -0.3 is 4.90 Å².